The van der Waals surface area contributed by atoms with Crippen LogP contribution in [0, 0.1) is 0 Å². The molecule has 3 rings (SSSR count). The fraction of sp³-hybridized carbons (Fsp3) is 0.312. The lowest BCUT2D eigenvalue weighted by atomic mass is 10.2. The van der Waals surface area contributed by atoms with Gasteiger partial charge in [0, 0.05) is 38.7 Å². The summed E-state index contributed by atoms with van der Waals surface area (Å²) in [5.41, 5.74) is 0.598. The summed E-state index contributed by atoms with van der Waals surface area (Å²) in [4.78, 5) is 31.8. The third-order valence-corrected chi connectivity index (χ3v) is 4.87. The van der Waals surface area contributed by atoms with Gasteiger partial charge < -0.3 is 14.9 Å². The molecule has 0 aromatic heterocycles. The van der Waals surface area contributed by atoms with Gasteiger partial charge in [-0.2, -0.15) is 4.99 Å². The van der Waals surface area contributed by atoms with E-state index in [2.05, 4.69) is 4.99 Å². The van der Waals surface area contributed by atoms with Crippen molar-refractivity contribution in [2.45, 2.75) is 6.92 Å². The second kappa shape index (κ2) is 6.45. The van der Waals surface area contributed by atoms with Crippen LogP contribution in [0.2, 0.25) is 0 Å². The Morgan fingerprint density at radius 3 is 2.61 bits per heavy atom. The number of hydrogen-bond donors (Lipinski definition) is 1. The monoisotopic (exact) mass is 331 g/mol. The van der Waals surface area contributed by atoms with Crippen molar-refractivity contribution >= 4 is 34.8 Å². The molecule has 0 spiro atoms. The Kier molecular flexibility index (Phi) is 4.38. The number of phenols is 1. The minimum atomic E-state index is -0.290. The second-order valence-corrected chi connectivity index (χ2v) is 6.37. The molecule has 0 unspecified atom stereocenters. The SMILES string of the molecule is CC(=O)N1CCN(C2=NC(=O)/C(=C/c3ccccc3O)S2)CC1. The Labute approximate surface area is 138 Å². The molecular formula is C16H17N3O3S. The number of phenolic OH excluding ortho intramolecular Hbond substituents is 1. The quantitative estimate of drug-likeness (QED) is 0.790. The molecule has 0 saturated carbocycles. The van der Waals surface area contributed by atoms with Crippen LogP contribution in [-0.2, 0) is 9.59 Å². The number of hydrogen-bond acceptors (Lipinski definition) is 5. The van der Waals surface area contributed by atoms with E-state index in [9.17, 15) is 14.7 Å². The molecule has 0 atom stereocenters. The van der Waals surface area contributed by atoms with Crippen molar-refractivity contribution in [1.82, 2.24) is 9.80 Å². The molecule has 0 bridgehead atoms. The number of para-hydroxylation sites is 1. The summed E-state index contributed by atoms with van der Waals surface area (Å²) in [7, 11) is 0. The van der Waals surface area contributed by atoms with Crippen LogP contribution in [0.3, 0.4) is 0 Å². The van der Waals surface area contributed by atoms with Crippen LogP contribution in [0.5, 0.6) is 5.75 Å². The van der Waals surface area contributed by atoms with E-state index in [1.165, 1.54) is 11.8 Å². The fourth-order valence-corrected chi connectivity index (χ4v) is 3.45. The fourth-order valence-electron chi connectivity index (χ4n) is 2.50. The summed E-state index contributed by atoms with van der Waals surface area (Å²) in [6, 6.07) is 6.87. The molecule has 2 heterocycles. The molecule has 1 aromatic rings. The first-order chi connectivity index (χ1) is 11.0. The Hall–Kier alpha value is -2.28. The lowest BCUT2D eigenvalue weighted by Gasteiger charge is -2.34. The van der Waals surface area contributed by atoms with Gasteiger partial charge >= 0.3 is 0 Å². The van der Waals surface area contributed by atoms with E-state index < -0.39 is 0 Å². The zero-order valence-corrected chi connectivity index (χ0v) is 13.5. The minimum Gasteiger partial charge on any atom is -0.507 e. The lowest BCUT2D eigenvalue weighted by Crippen LogP contribution is -2.49. The number of aliphatic imine (C=N–C) groups is 1. The Bertz CT molecular complexity index is 706. The molecule has 0 radical (unpaired) electrons. The van der Waals surface area contributed by atoms with E-state index in [1.807, 2.05) is 4.90 Å². The Morgan fingerprint density at radius 2 is 1.96 bits per heavy atom. The molecule has 7 heteroatoms. The van der Waals surface area contributed by atoms with Gasteiger partial charge in [-0.15, -0.1) is 0 Å². The molecule has 2 aliphatic rings. The normalized spacial score (nSPS) is 20.1. The topological polar surface area (TPSA) is 73.2 Å². The first-order valence-corrected chi connectivity index (χ1v) is 8.17. The largest absolute Gasteiger partial charge is 0.507 e. The van der Waals surface area contributed by atoms with Crippen LogP contribution >= 0.6 is 11.8 Å². The van der Waals surface area contributed by atoms with Crippen LogP contribution in [0.1, 0.15) is 12.5 Å². The molecule has 2 aliphatic heterocycles. The van der Waals surface area contributed by atoms with Gasteiger partial charge in [-0.05, 0) is 23.9 Å². The lowest BCUT2D eigenvalue weighted by molar-refractivity contribution is -0.130. The summed E-state index contributed by atoms with van der Waals surface area (Å²) in [5.74, 6) is -0.0824. The number of amidine groups is 1. The van der Waals surface area contributed by atoms with Crippen molar-refractivity contribution in [2.75, 3.05) is 26.2 Å². The molecule has 0 aliphatic carbocycles. The van der Waals surface area contributed by atoms with Gasteiger partial charge in [-0.3, -0.25) is 9.59 Å². The van der Waals surface area contributed by atoms with Crippen molar-refractivity contribution in [2.24, 2.45) is 4.99 Å². The number of carbonyl (C=O) groups excluding carboxylic acids is 2. The Balaban J connectivity index is 1.69. The van der Waals surface area contributed by atoms with E-state index in [0.29, 0.717) is 41.8 Å². The summed E-state index contributed by atoms with van der Waals surface area (Å²) in [5, 5.41) is 10.5. The number of thioether (sulfide) groups is 1. The molecule has 2 amide bonds. The van der Waals surface area contributed by atoms with E-state index in [-0.39, 0.29) is 17.6 Å². The smallest absolute Gasteiger partial charge is 0.286 e. The molecule has 1 fully saturated rings. The molecule has 120 valence electrons. The van der Waals surface area contributed by atoms with Gasteiger partial charge in [-0.1, -0.05) is 18.2 Å². The van der Waals surface area contributed by atoms with Gasteiger partial charge in [0.25, 0.3) is 5.91 Å². The highest BCUT2D eigenvalue weighted by atomic mass is 32.2. The summed E-state index contributed by atoms with van der Waals surface area (Å²) in [6.45, 7) is 4.18. The highest BCUT2D eigenvalue weighted by Crippen LogP contribution is 2.32. The van der Waals surface area contributed by atoms with Crippen LogP contribution < -0.4 is 0 Å². The maximum atomic E-state index is 12.1. The number of piperazine rings is 1. The van der Waals surface area contributed by atoms with E-state index in [1.54, 1.807) is 42.2 Å². The Morgan fingerprint density at radius 1 is 1.26 bits per heavy atom. The zero-order chi connectivity index (χ0) is 16.4. The molecule has 23 heavy (non-hydrogen) atoms. The van der Waals surface area contributed by atoms with Gasteiger partial charge in [0.1, 0.15) is 5.75 Å². The van der Waals surface area contributed by atoms with Crippen molar-refractivity contribution in [3.05, 3.63) is 34.7 Å². The highest BCUT2D eigenvalue weighted by Gasteiger charge is 2.29. The van der Waals surface area contributed by atoms with Crippen LogP contribution in [0.4, 0.5) is 0 Å². The van der Waals surface area contributed by atoms with Crippen molar-refractivity contribution in [3.63, 3.8) is 0 Å². The third-order valence-electron chi connectivity index (χ3n) is 3.83. The number of rotatable bonds is 1. The van der Waals surface area contributed by atoms with Gasteiger partial charge in [-0.25, -0.2) is 0 Å². The first kappa shape index (κ1) is 15.6. The number of benzene rings is 1. The first-order valence-electron chi connectivity index (χ1n) is 7.35. The summed E-state index contributed by atoms with van der Waals surface area (Å²) >= 11 is 1.31. The second-order valence-electron chi connectivity index (χ2n) is 5.36. The summed E-state index contributed by atoms with van der Waals surface area (Å²) in [6.07, 6.45) is 1.66. The molecule has 1 aromatic carbocycles. The van der Waals surface area contributed by atoms with Gasteiger partial charge in [0.15, 0.2) is 5.17 Å². The van der Waals surface area contributed by atoms with Gasteiger partial charge in [0.2, 0.25) is 5.91 Å². The molecule has 1 saturated heterocycles. The maximum Gasteiger partial charge on any atom is 0.286 e. The minimum absolute atomic E-state index is 0.0712. The number of nitrogens with zero attached hydrogens (tertiary/aromatic N) is 3. The molecular weight excluding hydrogens is 314 g/mol. The van der Waals surface area contributed by atoms with Crippen molar-refractivity contribution in [1.29, 1.82) is 0 Å². The number of amides is 2. The molecule has 1 N–H and O–H groups in total. The standard InChI is InChI=1S/C16H17N3O3S/c1-11(20)18-6-8-19(9-7-18)16-17-15(22)14(23-16)10-12-4-2-3-5-13(12)21/h2-5,10,21H,6-9H2,1H3/b14-10-. The maximum absolute atomic E-state index is 12.1. The summed E-state index contributed by atoms with van der Waals surface area (Å²) < 4.78 is 0. The molecule has 6 nitrogen and oxygen atoms in total. The van der Waals surface area contributed by atoms with E-state index in [0.717, 1.165) is 0 Å². The highest BCUT2D eigenvalue weighted by molar-refractivity contribution is 8.18. The predicted octanol–water partition coefficient (Wildman–Crippen LogP) is 1.53. The van der Waals surface area contributed by atoms with Crippen LogP contribution in [0.25, 0.3) is 6.08 Å². The van der Waals surface area contributed by atoms with E-state index >= 15 is 0 Å². The zero-order valence-electron chi connectivity index (χ0n) is 12.7. The average Bonchev–Trinajstić information content (AvgIpc) is 2.91. The average molecular weight is 331 g/mol. The number of carbonyl (C=O) groups is 2. The van der Waals surface area contributed by atoms with Crippen LogP contribution in [0.15, 0.2) is 34.2 Å². The van der Waals surface area contributed by atoms with Gasteiger partial charge in [0.05, 0.1) is 4.91 Å². The predicted molar refractivity (Wildman–Crippen MR) is 89.9 cm³/mol. The van der Waals surface area contributed by atoms with E-state index in [4.69, 9.17) is 0 Å². The van der Waals surface area contributed by atoms with Crippen molar-refractivity contribution in [3.8, 4) is 5.75 Å². The van der Waals surface area contributed by atoms with Crippen molar-refractivity contribution < 1.29 is 14.7 Å². The third kappa shape index (κ3) is 3.39. The van der Waals surface area contributed by atoms with Crippen LogP contribution in [-0.4, -0.2) is 58.1 Å². The number of aromatic hydroxyl groups is 1.